The van der Waals surface area contributed by atoms with Gasteiger partial charge in [0.1, 0.15) is 5.82 Å². The first-order valence-electron chi connectivity index (χ1n) is 5.83. The van der Waals surface area contributed by atoms with E-state index in [0.29, 0.717) is 4.47 Å². The fourth-order valence-electron chi connectivity index (χ4n) is 2.12. The van der Waals surface area contributed by atoms with Crippen molar-refractivity contribution >= 4 is 37.4 Å². The summed E-state index contributed by atoms with van der Waals surface area (Å²) in [5.41, 5.74) is 8.29. The highest BCUT2D eigenvalue weighted by molar-refractivity contribution is 9.10. The molecule has 4 heteroatoms. The summed E-state index contributed by atoms with van der Waals surface area (Å²) in [6.07, 6.45) is 0. The second-order valence-electron chi connectivity index (χ2n) is 4.34. The van der Waals surface area contributed by atoms with Crippen molar-refractivity contribution in [1.29, 1.82) is 0 Å². The number of hydrogen-bond donors (Lipinski definition) is 1. The van der Waals surface area contributed by atoms with Gasteiger partial charge in [0.15, 0.2) is 0 Å². The molecule has 3 aromatic rings. The molecule has 1 nitrogen and oxygen atoms in total. The number of hydrogen-bond acceptors (Lipinski definition) is 2. The van der Waals surface area contributed by atoms with Gasteiger partial charge in [-0.2, -0.15) is 0 Å². The minimum atomic E-state index is -0.272. The van der Waals surface area contributed by atoms with Crippen LogP contribution in [-0.4, -0.2) is 0 Å². The largest absolute Gasteiger partial charge is 0.320 e. The Morgan fingerprint density at radius 3 is 2.74 bits per heavy atom. The molecule has 0 aliphatic rings. The monoisotopic (exact) mass is 335 g/mol. The van der Waals surface area contributed by atoms with E-state index >= 15 is 0 Å². The molecule has 2 aromatic carbocycles. The second kappa shape index (κ2) is 5.04. The maximum atomic E-state index is 13.3. The predicted octanol–water partition coefficient (Wildman–Crippen LogP) is 4.85. The SMILES string of the molecule is NC(c1ccc(F)c(Br)c1)c1csc2ccccc12. The molecule has 0 aliphatic carbocycles. The lowest BCUT2D eigenvalue weighted by atomic mass is 9.99. The predicted molar refractivity (Wildman–Crippen MR) is 82.0 cm³/mol. The van der Waals surface area contributed by atoms with Gasteiger partial charge in [-0.1, -0.05) is 24.3 Å². The number of halogens is 2. The lowest BCUT2D eigenvalue weighted by Crippen LogP contribution is -2.11. The number of thiophene rings is 1. The molecule has 0 spiro atoms. The molecule has 2 N–H and O–H groups in total. The molecule has 1 heterocycles. The van der Waals surface area contributed by atoms with Gasteiger partial charge in [-0.25, -0.2) is 4.39 Å². The topological polar surface area (TPSA) is 26.0 Å². The van der Waals surface area contributed by atoms with Gasteiger partial charge in [0, 0.05) is 4.70 Å². The van der Waals surface area contributed by atoms with E-state index in [1.54, 1.807) is 23.5 Å². The lowest BCUT2D eigenvalue weighted by molar-refractivity contribution is 0.619. The zero-order valence-corrected chi connectivity index (χ0v) is 12.3. The Hall–Kier alpha value is -1.23. The van der Waals surface area contributed by atoms with Crippen LogP contribution in [0.25, 0.3) is 10.1 Å². The third kappa shape index (κ3) is 2.31. The first kappa shape index (κ1) is 12.8. The minimum absolute atomic E-state index is 0.243. The van der Waals surface area contributed by atoms with Crippen molar-refractivity contribution in [3.63, 3.8) is 0 Å². The molecule has 19 heavy (non-hydrogen) atoms. The van der Waals surface area contributed by atoms with E-state index in [9.17, 15) is 4.39 Å². The zero-order chi connectivity index (χ0) is 13.4. The minimum Gasteiger partial charge on any atom is -0.320 e. The zero-order valence-electron chi connectivity index (χ0n) is 9.94. The van der Waals surface area contributed by atoms with Gasteiger partial charge >= 0.3 is 0 Å². The third-order valence-electron chi connectivity index (χ3n) is 3.15. The molecule has 0 aliphatic heterocycles. The van der Waals surface area contributed by atoms with Gasteiger partial charge in [-0.05, 0) is 56.0 Å². The van der Waals surface area contributed by atoms with Gasteiger partial charge in [-0.3, -0.25) is 0 Å². The summed E-state index contributed by atoms with van der Waals surface area (Å²) in [4.78, 5) is 0. The van der Waals surface area contributed by atoms with E-state index in [4.69, 9.17) is 5.73 Å². The standard InChI is InChI=1S/C15H11BrFNS/c16-12-7-9(5-6-13(12)17)15(18)11-8-19-14-4-2-1-3-10(11)14/h1-8,15H,18H2. The van der Waals surface area contributed by atoms with Crippen molar-refractivity contribution in [2.45, 2.75) is 6.04 Å². The number of rotatable bonds is 2. The van der Waals surface area contributed by atoms with Gasteiger partial charge in [0.05, 0.1) is 10.5 Å². The van der Waals surface area contributed by atoms with Crippen LogP contribution < -0.4 is 5.73 Å². The van der Waals surface area contributed by atoms with Gasteiger partial charge in [0.2, 0.25) is 0 Å². The van der Waals surface area contributed by atoms with Crippen molar-refractivity contribution in [2.75, 3.05) is 0 Å². The molecule has 96 valence electrons. The molecule has 0 saturated carbocycles. The highest BCUT2D eigenvalue weighted by Gasteiger charge is 2.14. The molecule has 0 bridgehead atoms. The molecule has 1 atom stereocenters. The molecule has 0 fully saturated rings. The Morgan fingerprint density at radius 1 is 1.16 bits per heavy atom. The maximum Gasteiger partial charge on any atom is 0.137 e. The molecule has 0 saturated heterocycles. The highest BCUT2D eigenvalue weighted by atomic mass is 79.9. The smallest absolute Gasteiger partial charge is 0.137 e. The number of benzene rings is 2. The fourth-order valence-corrected chi connectivity index (χ4v) is 3.52. The van der Waals surface area contributed by atoms with E-state index < -0.39 is 0 Å². The first-order valence-corrected chi connectivity index (χ1v) is 7.51. The fraction of sp³-hybridized carbons (Fsp3) is 0.0667. The second-order valence-corrected chi connectivity index (χ2v) is 6.10. The van der Waals surface area contributed by atoms with Crippen molar-refractivity contribution < 1.29 is 4.39 Å². The summed E-state index contributed by atoms with van der Waals surface area (Å²) in [6, 6.07) is 12.8. The van der Waals surface area contributed by atoms with Gasteiger partial charge in [0.25, 0.3) is 0 Å². The average molecular weight is 336 g/mol. The van der Waals surface area contributed by atoms with Crippen LogP contribution in [0.2, 0.25) is 0 Å². The lowest BCUT2D eigenvalue weighted by Gasteiger charge is -2.12. The molecule has 3 rings (SSSR count). The van der Waals surface area contributed by atoms with Crippen LogP contribution in [0.1, 0.15) is 17.2 Å². The number of nitrogens with two attached hydrogens (primary N) is 1. The van der Waals surface area contributed by atoms with Crippen LogP contribution in [-0.2, 0) is 0 Å². The van der Waals surface area contributed by atoms with E-state index in [-0.39, 0.29) is 11.9 Å². The van der Waals surface area contributed by atoms with Crippen LogP contribution in [0.4, 0.5) is 4.39 Å². The van der Waals surface area contributed by atoms with Crippen molar-refractivity contribution in [3.05, 3.63) is 69.3 Å². The summed E-state index contributed by atoms with van der Waals surface area (Å²) >= 11 is 4.88. The summed E-state index contributed by atoms with van der Waals surface area (Å²) in [6.45, 7) is 0. The summed E-state index contributed by atoms with van der Waals surface area (Å²) < 4.78 is 14.9. The van der Waals surface area contributed by atoms with Gasteiger partial charge < -0.3 is 5.73 Å². The first-order chi connectivity index (χ1) is 9.16. The van der Waals surface area contributed by atoms with Crippen LogP contribution in [0.5, 0.6) is 0 Å². The van der Waals surface area contributed by atoms with E-state index in [0.717, 1.165) is 11.1 Å². The normalized spacial score (nSPS) is 12.8. The summed E-state index contributed by atoms with van der Waals surface area (Å²) in [7, 11) is 0. The van der Waals surface area contributed by atoms with E-state index in [1.807, 2.05) is 12.1 Å². The van der Waals surface area contributed by atoms with E-state index in [1.165, 1.54) is 16.2 Å². The highest BCUT2D eigenvalue weighted by Crippen LogP contribution is 2.33. The number of fused-ring (bicyclic) bond motifs is 1. The Morgan fingerprint density at radius 2 is 1.95 bits per heavy atom. The maximum absolute atomic E-state index is 13.3. The molecule has 0 radical (unpaired) electrons. The van der Waals surface area contributed by atoms with Crippen LogP contribution in [0.15, 0.2) is 52.3 Å². The molecule has 0 amide bonds. The summed E-state index contributed by atoms with van der Waals surface area (Å²) in [5.74, 6) is -0.272. The van der Waals surface area contributed by atoms with Crippen molar-refractivity contribution in [1.82, 2.24) is 0 Å². The van der Waals surface area contributed by atoms with Gasteiger partial charge in [-0.15, -0.1) is 11.3 Å². The van der Waals surface area contributed by atoms with Crippen molar-refractivity contribution in [3.8, 4) is 0 Å². The van der Waals surface area contributed by atoms with Crippen LogP contribution in [0.3, 0.4) is 0 Å². The summed E-state index contributed by atoms with van der Waals surface area (Å²) in [5, 5.41) is 3.24. The van der Waals surface area contributed by atoms with Crippen molar-refractivity contribution in [2.24, 2.45) is 5.73 Å². The molecule has 1 aromatic heterocycles. The molecular formula is C15H11BrFNS. The quantitative estimate of drug-likeness (QED) is 0.711. The van der Waals surface area contributed by atoms with Crippen LogP contribution in [0, 0.1) is 5.82 Å². The Balaban J connectivity index is 2.08. The molecule has 1 unspecified atom stereocenters. The Bertz CT molecular complexity index is 738. The third-order valence-corrected chi connectivity index (χ3v) is 4.74. The Kier molecular flexibility index (Phi) is 3.39. The van der Waals surface area contributed by atoms with Crippen LogP contribution >= 0.6 is 27.3 Å². The average Bonchev–Trinajstić information content (AvgIpc) is 2.85. The van der Waals surface area contributed by atoms with E-state index in [2.05, 4.69) is 33.4 Å². The molecular weight excluding hydrogens is 325 g/mol. The Labute approximate surface area is 123 Å².